The molecule has 0 aliphatic heterocycles. The van der Waals surface area contributed by atoms with E-state index in [9.17, 15) is 4.39 Å². The van der Waals surface area contributed by atoms with Gasteiger partial charge in [0, 0.05) is 34.9 Å². The largest absolute Gasteiger partial charge is 0.339 e. The van der Waals surface area contributed by atoms with Gasteiger partial charge in [-0.2, -0.15) is 4.39 Å². The third kappa shape index (κ3) is 1.64. The first-order valence-electron chi connectivity index (χ1n) is 7.00. The highest BCUT2D eigenvalue weighted by molar-refractivity contribution is 6.05. The van der Waals surface area contributed by atoms with E-state index in [0.717, 1.165) is 22.4 Å². The minimum atomic E-state index is -0.837. The lowest BCUT2D eigenvalue weighted by atomic mass is 10.1. The quantitative estimate of drug-likeness (QED) is 0.539. The van der Waals surface area contributed by atoms with Gasteiger partial charge in [-0.25, -0.2) is 9.97 Å². The molecule has 1 N–H and O–H groups in total. The average molecular weight is 268 g/mol. The van der Waals surface area contributed by atoms with Gasteiger partial charge in [-0.15, -0.1) is 0 Å². The van der Waals surface area contributed by atoms with Crippen LogP contribution in [-0.2, 0) is 0 Å². The van der Waals surface area contributed by atoms with E-state index in [1.54, 1.807) is 18.5 Å². The highest BCUT2D eigenvalue weighted by Crippen LogP contribution is 2.26. The third-order valence-electron chi connectivity index (χ3n) is 3.13. The maximum Gasteiger partial charge on any atom is 0.212 e. The number of halogens is 1. The molecule has 4 nitrogen and oxygen atoms in total. The lowest BCUT2D eigenvalue weighted by molar-refractivity contribution is 0.584. The van der Waals surface area contributed by atoms with Gasteiger partial charge >= 0.3 is 0 Å². The maximum absolute atomic E-state index is 13.1. The second kappa shape index (κ2) is 4.09. The summed E-state index contributed by atoms with van der Waals surface area (Å²) in [6, 6.07) is 6.27. The van der Waals surface area contributed by atoms with Crippen molar-refractivity contribution in [1.82, 2.24) is 19.9 Å². The Morgan fingerprint density at radius 3 is 3.00 bits per heavy atom. The van der Waals surface area contributed by atoms with Crippen LogP contribution in [0.2, 0.25) is 0 Å². The van der Waals surface area contributed by atoms with Crippen LogP contribution >= 0.6 is 0 Å². The van der Waals surface area contributed by atoms with Crippen LogP contribution in [0.3, 0.4) is 0 Å². The Morgan fingerprint density at radius 1 is 1.15 bits per heavy atom. The molecule has 0 fully saturated rings. The molecule has 96 valence electrons. The Bertz CT molecular complexity index is 1010. The molecule has 0 unspecified atom stereocenters. The Kier molecular flexibility index (Phi) is 1.87. The van der Waals surface area contributed by atoms with E-state index in [-0.39, 0.29) is 17.8 Å². The summed E-state index contributed by atoms with van der Waals surface area (Å²) in [6.45, 7) is 0. The summed E-state index contributed by atoms with van der Waals surface area (Å²) in [5.74, 6) is -0.837. The lowest BCUT2D eigenvalue weighted by Crippen LogP contribution is -1.87. The second-order valence-electron chi connectivity index (χ2n) is 4.35. The van der Waals surface area contributed by atoms with Gasteiger partial charge in [0.05, 0.1) is 14.0 Å². The number of nitrogens with zero attached hydrogens (tertiary/aromatic N) is 3. The summed E-state index contributed by atoms with van der Waals surface area (Å²) in [5, 5.41) is 1.85. The van der Waals surface area contributed by atoms with Gasteiger partial charge in [-0.3, -0.25) is 4.98 Å². The van der Waals surface area contributed by atoms with Crippen LogP contribution in [0, 0.1) is 5.95 Å². The highest BCUT2D eigenvalue weighted by Gasteiger charge is 2.07. The molecule has 0 aliphatic rings. The van der Waals surface area contributed by atoms with Crippen LogP contribution in [-0.4, -0.2) is 19.9 Å². The summed E-state index contributed by atoms with van der Waals surface area (Å²) < 4.78 is 28.8. The molecule has 4 rings (SSSR count). The van der Waals surface area contributed by atoms with E-state index in [4.69, 9.17) is 2.74 Å². The van der Waals surface area contributed by atoms with Crippen molar-refractivity contribution in [3.8, 4) is 11.3 Å². The molecule has 4 heterocycles. The van der Waals surface area contributed by atoms with Gasteiger partial charge < -0.3 is 4.98 Å². The van der Waals surface area contributed by atoms with Gasteiger partial charge in [-0.1, -0.05) is 0 Å². The molecule has 0 atom stereocenters. The molecule has 0 saturated carbocycles. The monoisotopic (exact) mass is 268 g/mol. The fraction of sp³-hybridized carbons (Fsp3) is 0. The number of pyridine rings is 3. The van der Waals surface area contributed by atoms with Crippen LogP contribution in [0.4, 0.5) is 4.39 Å². The zero-order chi connectivity index (χ0) is 15.3. The normalized spacial score (nSPS) is 12.7. The molecule has 0 amide bonds. The fourth-order valence-electron chi connectivity index (χ4n) is 2.19. The zero-order valence-corrected chi connectivity index (χ0v) is 10.2. The first-order chi connectivity index (χ1) is 10.6. The predicted octanol–water partition coefficient (Wildman–Crippen LogP) is 3.31. The number of rotatable bonds is 1. The first kappa shape index (κ1) is 9.14. The molecule has 0 radical (unpaired) electrons. The van der Waals surface area contributed by atoms with Crippen molar-refractivity contribution >= 4 is 21.9 Å². The number of H-pyrrole nitrogens is 1. The van der Waals surface area contributed by atoms with Gasteiger partial charge in [0.2, 0.25) is 5.95 Å². The zero-order valence-electron chi connectivity index (χ0n) is 12.2. The molecule has 5 heteroatoms. The summed E-state index contributed by atoms with van der Waals surface area (Å²) in [5.41, 5.74) is 2.15. The van der Waals surface area contributed by atoms with Crippen LogP contribution < -0.4 is 0 Å². The number of hydrogen-bond acceptors (Lipinski definition) is 3. The molecular weight excluding hydrogens is 255 g/mol. The number of fused-ring (bicyclic) bond motifs is 3. The van der Waals surface area contributed by atoms with Crippen molar-refractivity contribution < 1.29 is 7.13 Å². The summed E-state index contributed by atoms with van der Waals surface area (Å²) in [7, 11) is 0. The first-order valence-corrected chi connectivity index (χ1v) is 6.00. The molecular formula is C15H9FN4. The number of aromatic amines is 1. The Labute approximate surface area is 116 Å². The van der Waals surface area contributed by atoms with E-state index in [2.05, 4.69) is 19.9 Å². The third-order valence-corrected chi connectivity index (χ3v) is 3.13. The minimum Gasteiger partial charge on any atom is -0.339 e. The molecule has 4 aromatic heterocycles. The van der Waals surface area contributed by atoms with Crippen molar-refractivity contribution in [2.24, 2.45) is 0 Å². The molecule has 0 aromatic carbocycles. The van der Waals surface area contributed by atoms with Crippen LogP contribution in [0.5, 0.6) is 0 Å². The molecule has 4 aromatic rings. The highest BCUT2D eigenvalue weighted by atomic mass is 19.1. The fourth-order valence-corrected chi connectivity index (χ4v) is 2.19. The molecule has 0 spiro atoms. The van der Waals surface area contributed by atoms with E-state index < -0.39 is 5.95 Å². The number of aromatic nitrogens is 4. The van der Waals surface area contributed by atoms with Gasteiger partial charge in [0.15, 0.2) is 0 Å². The van der Waals surface area contributed by atoms with E-state index in [1.807, 2.05) is 12.1 Å². The topological polar surface area (TPSA) is 54.5 Å². The van der Waals surface area contributed by atoms with Crippen molar-refractivity contribution in [3.05, 3.63) is 54.8 Å². The van der Waals surface area contributed by atoms with Gasteiger partial charge in [0.25, 0.3) is 0 Å². The van der Waals surface area contributed by atoms with Crippen molar-refractivity contribution in [3.63, 3.8) is 0 Å². The van der Waals surface area contributed by atoms with Gasteiger partial charge in [0.1, 0.15) is 5.65 Å². The van der Waals surface area contributed by atoms with Crippen LogP contribution in [0.15, 0.2) is 48.9 Å². The predicted molar refractivity (Wildman–Crippen MR) is 74.6 cm³/mol. The van der Waals surface area contributed by atoms with E-state index in [0.29, 0.717) is 11.3 Å². The molecule has 0 bridgehead atoms. The second-order valence-corrected chi connectivity index (χ2v) is 4.35. The molecule has 0 saturated heterocycles. The summed E-state index contributed by atoms with van der Waals surface area (Å²) >= 11 is 0. The average Bonchev–Trinajstić information content (AvgIpc) is 2.84. The van der Waals surface area contributed by atoms with Crippen molar-refractivity contribution in [1.29, 1.82) is 0 Å². The van der Waals surface area contributed by atoms with E-state index >= 15 is 0 Å². The minimum absolute atomic E-state index is 0.109. The smallest absolute Gasteiger partial charge is 0.212 e. The molecule has 0 aliphatic carbocycles. The van der Waals surface area contributed by atoms with Crippen LogP contribution in [0.25, 0.3) is 33.2 Å². The SMILES string of the molecule is [3H]c1cc(F)nc([3H])c1-c1ccc2c(n1)[nH]c1ccncc12. The van der Waals surface area contributed by atoms with Crippen LogP contribution in [0.1, 0.15) is 2.74 Å². The Hall–Kier alpha value is -2.82. The lowest BCUT2D eigenvalue weighted by Gasteiger charge is -2.00. The number of nitrogens with one attached hydrogen (secondary N) is 1. The maximum atomic E-state index is 13.1. The number of hydrogen-bond donors (Lipinski definition) is 1. The van der Waals surface area contributed by atoms with Crippen molar-refractivity contribution in [2.45, 2.75) is 0 Å². The van der Waals surface area contributed by atoms with E-state index in [1.165, 1.54) is 0 Å². The Balaban J connectivity index is 1.99. The standard InChI is InChI=1S/C15H9FN4/c16-14-4-1-9(7-18-14)12-3-2-10-11-8-17-6-5-13(11)20-15(10)19-12/h1-8H,(H,19,20)/i1T,7T. The molecule has 20 heavy (non-hydrogen) atoms. The van der Waals surface area contributed by atoms with Crippen molar-refractivity contribution in [2.75, 3.05) is 0 Å². The summed E-state index contributed by atoms with van der Waals surface area (Å²) in [4.78, 5) is 15.2. The Morgan fingerprint density at radius 2 is 2.10 bits per heavy atom. The van der Waals surface area contributed by atoms with Gasteiger partial charge in [-0.05, 0) is 30.3 Å². The summed E-state index contributed by atoms with van der Waals surface area (Å²) in [6.07, 6.45) is 3.14.